The minimum atomic E-state index is -0.0930. The van der Waals surface area contributed by atoms with Gasteiger partial charge in [-0.15, -0.1) is 11.3 Å². The number of aryl methyl sites for hydroxylation is 1. The van der Waals surface area contributed by atoms with Crippen molar-refractivity contribution >= 4 is 56.1 Å². The average Bonchev–Trinajstić information content (AvgIpc) is 3.46. The van der Waals surface area contributed by atoms with Crippen LogP contribution in [0.5, 0.6) is 0 Å². The zero-order valence-electron chi connectivity index (χ0n) is 18.8. The van der Waals surface area contributed by atoms with Crippen molar-refractivity contribution < 1.29 is 0 Å². The zero-order valence-corrected chi connectivity index (χ0v) is 22.0. The first-order chi connectivity index (χ1) is 16.5. The van der Waals surface area contributed by atoms with Crippen molar-refractivity contribution in [2.24, 2.45) is 4.99 Å². The van der Waals surface area contributed by atoms with Gasteiger partial charge in [0.25, 0.3) is 5.56 Å². The quantitative estimate of drug-likeness (QED) is 0.353. The van der Waals surface area contributed by atoms with E-state index in [1.807, 2.05) is 24.7 Å². The molecule has 4 nitrogen and oxygen atoms in total. The molecule has 2 aliphatic rings. The third-order valence-electron chi connectivity index (χ3n) is 6.44. The molecule has 0 amide bonds. The summed E-state index contributed by atoms with van der Waals surface area (Å²) in [7, 11) is 4.03. The summed E-state index contributed by atoms with van der Waals surface area (Å²) in [5, 5.41) is 2.09. The molecule has 1 aliphatic carbocycles. The Balaban J connectivity index is 1.57. The second-order valence-corrected chi connectivity index (χ2v) is 11.6. The van der Waals surface area contributed by atoms with Crippen LogP contribution < -0.4 is 19.8 Å². The number of fused-ring (bicyclic) bond motifs is 3. The molecule has 1 unspecified atom stereocenters. The topological polar surface area (TPSA) is 37.6 Å². The highest BCUT2D eigenvalue weighted by atomic mass is 79.9. The molecule has 2 aromatic heterocycles. The number of rotatable bonds is 3. The Morgan fingerprint density at radius 2 is 1.97 bits per heavy atom. The molecule has 34 heavy (non-hydrogen) atoms. The van der Waals surface area contributed by atoms with E-state index in [-0.39, 0.29) is 11.6 Å². The number of allylic oxidation sites excluding steroid dienone is 1. The van der Waals surface area contributed by atoms with Crippen LogP contribution in [0.4, 0.5) is 5.69 Å². The Labute approximate surface area is 214 Å². The molecule has 0 bridgehead atoms. The van der Waals surface area contributed by atoms with Crippen LogP contribution in [-0.4, -0.2) is 18.7 Å². The summed E-state index contributed by atoms with van der Waals surface area (Å²) in [6.07, 6.45) is 3.88. The van der Waals surface area contributed by atoms with E-state index in [2.05, 4.69) is 80.8 Å². The van der Waals surface area contributed by atoms with Crippen LogP contribution in [0.3, 0.4) is 0 Å². The molecule has 3 heterocycles. The summed E-state index contributed by atoms with van der Waals surface area (Å²) in [6, 6.07) is 18.8. The van der Waals surface area contributed by atoms with E-state index >= 15 is 0 Å². The molecule has 7 heteroatoms. The first-order valence-electron chi connectivity index (χ1n) is 11.1. The molecule has 0 spiro atoms. The van der Waals surface area contributed by atoms with E-state index in [4.69, 9.17) is 4.99 Å². The maximum atomic E-state index is 13.7. The van der Waals surface area contributed by atoms with E-state index in [9.17, 15) is 4.79 Å². The molecule has 0 radical (unpaired) electrons. The monoisotopic (exact) mass is 547 g/mol. The minimum absolute atomic E-state index is 0.0281. The van der Waals surface area contributed by atoms with Gasteiger partial charge in [-0.25, -0.2) is 4.99 Å². The number of hydrogen-bond acceptors (Lipinski definition) is 5. The lowest BCUT2D eigenvalue weighted by Gasteiger charge is -2.30. The standard InChI is InChI=1S/C27H22BrN3OS2/c1-30(2)21-12-9-16(14-20(21)28)15-23-26(32)31-25(22-8-5-13-33-22)19-11-10-17-6-3-4-7-18(17)24(19)29-27(31)34-23/h3-9,12-15,25H,10-11H2,1-2H3. The summed E-state index contributed by atoms with van der Waals surface area (Å²) in [6.45, 7) is 0. The minimum Gasteiger partial charge on any atom is -0.377 e. The second kappa shape index (κ2) is 8.48. The summed E-state index contributed by atoms with van der Waals surface area (Å²) >= 11 is 6.85. The Hall–Kier alpha value is -2.74. The van der Waals surface area contributed by atoms with Gasteiger partial charge in [0, 0.05) is 29.0 Å². The van der Waals surface area contributed by atoms with E-state index in [1.165, 1.54) is 32.9 Å². The molecule has 4 aromatic rings. The highest BCUT2D eigenvalue weighted by Gasteiger charge is 2.32. The van der Waals surface area contributed by atoms with Gasteiger partial charge in [0.05, 0.1) is 22.0 Å². The predicted molar refractivity (Wildman–Crippen MR) is 146 cm³/mol. The first-order valence-corrected chi connectivity index (χ1v) is 13.6. The van der Waals surface area contributed by atoms with Crippen LogP contribution in [0.15, 0.2) is 79.8 Å². The van der Waals surface area contributed by atoms with Crippen molar-refractivity contribution in [3.8, 4) is 0 Å². The Morgan fingerprint density at radius 3 is 2.74 bits per heavy atom. The van der Waals surface area contributed by atoms with Crippen LogP contribution in [0, 0.1) is 0 Å². The maximum absolute atomic E-state index is 13.7. The van der Waals surface area contributed by atoms with Gasteiger partial charge in [-0.2, -0.15) is 0 Å². The second-order valence-electron chi connectivity index (χ2n) is 8.73. The third-order valence-corrected chi connectivity index (χ3v) is 8.98. The van der Waals surface area contributed by atoms with Gasteiger partial charge in [-0.05, 0) is 75.1 Å². The molecule has 2 aromatic carbocycles. The Morgan fingerprint density at radius 1 is 1.12 bits per heavy atom. The number of aromatic nitrogens is 1. The van der Waals surface area contributed by atoms with Crippen molar-refractivity contribution in [1.82, 2.24) is 4.57 Å². The van der Waals surface area contributed by atoms with E-state index in [1.54, 1.807) is 11.3 Å². The summed E-state index contributed by atoms with van der Waals surface area (Å²) < 4.78 is 3.62. The fourth-order valence-corrected chi connectivity index (χ4v) is 7.44. The van der Waals surface area contributed by atoms with Gasteiger partial charge in [-0.3, -0.25) is 9.36 Å². The van der Waals surface area contributed by atoms with E-state index in [0.29, 0.717) is 4.53 Å². The van der Waals surface area contributed by atoms with Gasteiger partial charge in [0.15, 0.2) is 4.80 Å². The molecule has 0 saturated carbocycles. The SMILES string of the molecule is CN(C)c1ccc(C=c2sc3n(c2=O)C(c2cccs2)C2=C(N=3)c3ccccc3CC2)cc1Br. The van der Waals surface area contributed by atoms with Crippen LogP contribution in [0.2, 0.25) is 0 Å². The first kappa shape index (κ1) is 21.8. The van der Waals surface area contributed by atoms with Gasteiger partial charge in [-0.1, -0.05) is 47.7 Å². The lowest BCUT2D eigenvalue weighted by molar-refractivity contribution is 0.593. The summed E-state index contributed by atoms with van der Waals surface area (Å²) in [5.74, 6) is 0. The van der Waals surface area contributed by atoms with Gasteiger partial charge < -0.3 is 4.90 Å². The average molecular weight is 549 g/mol. The molecule has 0 N–H and O–H groups in total. The van der Waals surface area contributed by atoms with Gasteiger partial charge in [0.2, 0.25) is 0 Å². The fourth-order valence-electron chi connectivity index (χ4n) is 4.84. The van der Waals surface area contributed by atoms with Crippen LogP contribution in [0.1, 0.15) is 34.0 Å². The largest absolute Gasteiger partial charge is 0.377 e. The number of nitrogens with zero attached hydrogens (tertiary/aromatic N) is 3. The summed E-state index contributed by atoms with van der Waals surface area (Å²) in [4.78, 5) is 22.8. The molecule has 170 valence electrons. The number of benzene rings is 2. The van der Waals surface area contributed by atoms with Crippen molar-refractivity contribution in [2.45, 2.75) is 18.9 Å². The van der Waals surface area contributed by atoms with Gasteiger partial charge >= 0.3 is 0 Å². The van der Waals surface area contributed by atoms with Crippen molar-refractivity contribution in [2.75, 3.05) is 19.0 Å². The molecule has 0 fully saturated rings. The van der Waals surface area contributed by atoms with Crippen LogP contribution in [-0.2, 0) is 6.42 Å². The highest BCUT2D eigenvalue weighted by molar-refractivity contribution is 9.10. The number of halogens is 1. The molecule has 6 rings (SSSR count). The molecule has 1 atom stereocenters. The predicted octanol–water partition coefficient (Wildman–Crippen LogP) is 5.21. The smallest absolute Gasteiger partial charge is 0.271 e. The molecule has 0 saturated heterocycles. The maximum Gasteiger partial charge on any atom is 0.271 e. The number of hydrogen-bond donors (Lipinski definition) is 0. The van der Waals surface area contributed by atoms with Crippen molar-refractivity contribution in [3.05, 3.63) is 111 Å². The molecular formula is C27H22BrN3OS2. The lowest BCUT2D eigenvalue weighted by atomic mass is 9.85. The number of anilines is 1. The molecule has 1 aliphatic heterocycles. The number of thiophene rings is 1. The lowest BCUT2D eigenvalue weighted by Crippen LogP contribution is -2.38. The van der Waals surface area contributed by atoms with Crippen LogP contribution >= 0.6 is 38.6 Å². The normalized spacial score (nSPS) is 17.1. The van der Waals surface area contributed by atoms with E-state index < -0.39 is 0 Å². The highest BCUT2D eigenvalue weighted by Crippen LogP contribution is 2.42. The zero-order chi connectivity index (χ0) is 23.4. The molecular weight excluding hydrogens is 526 g/mol. The van der Waals surface area contributed by atoms with E-state index in [0.717, 1.165) is 39.1 Å². The summed E-state index contributed by atoms with van der Waals surface area (Å²) in [5.41, 5.74) is 6.95. The Bertz CT molecular complexity index is 1630. The third kappa shape index (κ3) is 3.54. The van der Waals surface area contributed by atoms with Crippen molar-refractivity contribution in [1.29, 1.82) is 0 Å². The van der Waals surface area contributed by atoms with Crippen LogP contribution in [0.25, 0.3) is 11.8 Å². The van der Waals surface area contributed by atoms with Crippen molar-refractivity contribution in [3.63, 3.8) is 0 Å². The number of thiazole rings is 1. The fraction of sp³-hybridized carbons (Fsp3) is 0.185. The van der Waals surface area contributed by atoms with Gasteiger partial charge in [0.1, 0.15) is 0 Å². The Kier molecular flexibility index (Phi) is 5.43.